The molecule has 0 unspecified atom stereocenters. The highest BCUT2D eigenvalue weighted by atomic mass is 15.2. The number of nitrogens with zero attached hydrogens (tertiary/aromatic N) is 9. The van der Waals surface area contributed by atoms with E-state index < -0.39 is 0 Å². The lowest BCUT2D eigenvalue weighted by atomic mass is 9.33. The van der Waals surface area contributed by atoms with Crippen molar-refractivity contribution in [3.63, 3.8) is 0 Å². The first-order valence-corrected chi connectivity index (χ1v) is 29.6. The minimum absolute atomic E-state index is 0.0658. The van der Waals surface area contributed by atoms with Crippen LogP contribution in [0.25, 0.3) is 107 Å². The van der Waals surface area contributed by atoms with Gasteiger partial charge in [0.25, 0.3) is 6.71 Å². The van der Waals surface area contributed by atoms with Crippen molar-refractivity contribution in [3.8, 4) is 85.1 Å². The molecule has 2 aliphatic heterocycles. The number of aromatic nitrogens is 7. The van der Waals surface area contributed by atoms with Gasteiger partial charge in [-0.15, -0.1) is 0 Å². The highest BCUT2D eigenvalue weighted by Crippen LogP contribution is 2.45. The molecule has 17 rings (SSSR count). The van der Waals surface area contributed by atoms with E-state index in [1.807, 2.05) is 78.9 Å². The Labute approximate surface area is 509 Å². The zero-order valence-corrected chi connectivity index (χ0v) is 47.5. The molecule has 15 aromatic rings. The first-order valence-electron chi connectivity index (χ1n) is 29.6. The largest absolute Gasteiger partial charge is 0.311 e. The summed E-state index contributed by atoms with van der Waals surface area (Å²) >= 11 is 0. The molecule has 10 heteroatoms. The molecule has 0 bridgehead atoms. The van der Waals surface area contributed by atoms with Crippen molar-refractivity contribution < 1.29 is 0 Å². The first-order chi connectivity index (χ1) is 43.6. The molecule has 3 aromatic heterocycles. The van der Waals surface area contributed by atoms with Crippen molar-refractivity contribution in [1.82, 2.24) is 34.5 Å². The van der Waals surface area contributed by atoms with Gasteiger partial charge < -0.3 is 14.4 Å². The van der Waals surface area contributed by atoms with E-state index in [0.717, 1.165) is 83.4 Å². The number of benzene rings is 12. The zero-order chi connectivity index (χ0) is 58.1. The molecule has 0 atom stereocenters. The Hall–Kier alpha value is -11.9. The maximum absolute atomic E-state index is 5.51. The van der Waals surface area contributed by atoms with E-state index in [1.54, 1.807) is 0 Å². The third-order valence-corrected chi connectivity index (χ3v) is 17.1. The molecular weight excluding hydrogens is 1070 g/mol. The molecule has 0 amide bonds. The molecule has 2 aliphatic rings. The van der Waals surface area contributed by atoms with Crippen molar-refractivity contribution >= 4 is 79.0 Å². The van der Waals surface area contributed by atoms with Gasteiger partial charge in [0.2, 0.25) is 0 Å². The second-order valence-corrected chi connectivity index (χ2v) is 22.2. The van der Waals surface area contributed by atoms with E-state index in [0.29, 0.717) is 34.9 Å². The fraction of sp³-hybridized carbons (Fsp3) is 0. The van der Waals surface area contributed by atoms with E-state index in [-0.39, 0.29) is 6.71 Å². The highest BCUT2D eigenvalue weighted by molar-refractivity contribution is 7.00. The van der Waals surface area contributed by atoms with Crippen LogP contribution in [0, 0.1) is 0 Å². The predicted molar refractivity (Wildman–Crippen MR) is 360 cm³/mol. The Bertz CT molecular complexity index is 5060. The topological polar surface area (TPSA) is 88.8 Å². The molecule has 9 nitrogen and oxygen atoms in total. The lowest BCUT2D eigenvalue weighted by Crippen LogP contribution is -2.61. The molecule has 88 heavy (non-hydrogen) atoms. The summed E-state index contributed by atoms with van der Waals surface area (Å²) in [4.78, 5) is 36.5. The monoisotopic (exact) mass is 1120 g/mol. The van der Waals surface area contributed by atoms with Crippen LogP contribution in [-0.2, 0) is 0 Å². The average Bonchev–Trinajstić information content (AvgIpc) is 2.42. The summed E-state index contributed by atoms with van der Waals surface area (Å²) in [5.74, 6) is 3.27. The highest BCUT2D eigenvalue weighted by Gasteiger charge is 2.43. The predicted octanol–water partition coefficient (Wildman–Crippen LogP) is 16.9. The van der Waals surface area contributed by atoms with Gasteiger partial charge in [-0.05, 0) is 112 Å². The van der Waals surface area contributed by atoms with Crippen LogP contribution in [0.2, 0.25) is 0 Å². The Morgan fingerprint density at radius 2 is 0.614 bits per heavy atom. The Morgan fingerprint density at radius 1 is 0.239 bits per heavy atom. The summed E-state index contributed by atoms with van der Waals surface area (Å²) in [5, 5.41) is 2.29. The van der Waals surface area contributed by atoms with Crippen molar-refractivity contribution in [2.75, 3.05) is 9.80 Å². The van der Waals surface area contributed by atoms with Crippen LogP contribution in [0.15, 0.2) is 303 Å². The summed E-state index contributed by atoms with van der Waals surface area (Å²) in [6.45, 7) is 0.0658. The minimum Gasteiger partial charge on any atom is -0.311 e. The number of para-hydroxylation sites is 5. The van der Waals surface area contributed by atoms with E-state index in [4.69, 9.17) is 29.9 Å². The van der Waals surface area contributed by atoms with Crippen LogP contribution in [0.4, 0.5) is 34.1 Å². The van der Waals surface area contributed by atoms with Gasteiger partial charge in [0.05, 0.1) is 16.7 Å². The first kappa shape index (κ1) is 50.6. The minimum atomic E-state index is 0.0658. The normalized spacial score (nSPS) is 12.2. The summed E-state index contributed by atoms with van der Waals surface area (Å²) < 4.78 is 2.32. The summed E-state index contributed by atoms with van der Waals surface area (Å²) in [7, 11) is 0. The second-order valence-electron chi connectivity index (χ2n) is 22.2. The van der Waals surface area contributed by atoms with Crippen LogP contribution in [0.5, 0.6) is 0 Å². The van der Waals surface area contributed by atoms with Crippen LogP contribution in [0.1, 0.15) is 0 Å². The third kappa shape index (κ3) is 8.56. The number of fused-ring (bicyclic) bond motifs is 7. The molecule has 410 valence electrons. The van der Waals surface area contributed by atoms with Gasteiger partial charge >= 0.3 is 0 Å². The van der Waals surface area contributed by atoms with Crippen LogP contribution in [0.3, 0.4) is 0 Å². The Balaban J connectivity index is 0.805. The molecule has 0 fully saturated rings. The van der Waals surface area contributed by atoms with E-state index in [2.05, 4.69) is 239 Å². The number of hydrogen-bond acceptors (Lipinski definition) is 8. The number of rotatable bonds is 10. The molecular formula is C78H50BN9. The van der Waals surface area contributed by atoms with Crippen LogP contribution in [-0.4, -0.2) is 41.2 Å². The number of hydrogen-bond donors (Lipinski definition) is 0. The van der Waals surface area contributed by atoms with Crippen molar-refractivity contribution in [2.45, 2.75) is 0 Å². The zero-order valence-electron chi connectivity index (χ0n) is 47.5. The maximum atomic E-state index is 5.51. The average molecular weight is 1120 g/mol. The standard InChI is InChI=1S/C78H50BN9/c1-5-23-52(24-6-1)73-80-74(53-25-7-2-8-26-53)82-77(81-73)57-45-48-67(88-65-37-17-13-33-60(65)61-34-14-18-38-66(61)88)62(50-57)78-84-75(54-27-9-3-10-28-54)83-76(85-78)56-30-21-29-55(49-56)51-43-46-59(47-44-51)87-69-40-20-16-36-64(69)79-63-35-15-19-39-68(63)86(58-31-11-4-12-32-58)70-41-22-42-71(87)72(70)79/h1-50H. The van der Waals surface area contributed by atoms with Gasteiger partial charge in [-0.25, -0.2) is 29.9 Å². The molecule has 0 saturated heterocycles. The van der Waals surface area contributed by atoms with Gasteiger partial charge in [0.1, 0.15) is 0 Å². The summed E-state index contributed by atoms with van der Waals surface area (Å²) in [6, 6.07) is 107. The van der Waals surface area contributed by atoms with Crippen molar-refractivity contribution in [1.29, 1.82) is 0 Å². The van der Waals surface area contributed by atoms with Gasteiger partial charge in [-0.1, -0.05) is 218 Å². The molecule has 0 aliphatic carbocycles. The maximum Gasteiger partial charge on any atom is 0.252 e. The van der Waals surface area contributed by atoms with E-state index in [9.17, 15) is 0 Å². The fourth-order valence-electron chi connectivity index (χ4n) is 13.1. The lowest BCUT2D eigenvalue weighted by Gasteiger charge is -2.44. The Kier molecular flexibility index (Phi) is 12.1. The molecule has 0 radical (unpaired) electrons. The molecule has 0 saturated carbocycles. The third-order valence-electron chi connectivity index (χ3n) is 17.1. The Morgan fingerprint density at radius 3 is 1.15 bits per heavy atom. The van der Waals surface area contributed by atoms with Crippen molar-refractivity contribution in [3.05, 3.63) is 303 Å². The summed E-state index contributed by atoms with van der Waals surface area (Å²) in [5.41, 5.74) is 21.0. The molecule has 5 heterocycles. The van der Waals surface area contributed by atoms with Gasteiger partial charge in [0, 0.05) is 78.3 Å². The van der Waals surface area contributed by atoms with Crippen LogP contribution < -0.4 is 26.2 Å². The van der Waals surface area contributed by atoms with E-state index >= 15 is 0 Å². The van der Waals surface area contributed by atoms with Gasteiger partial charge in [-0.2, -0.15) is 0 Å². The molecule has 0 spiro atoms. The SMILES string of the molecule is c1ccc(-c2nc(-c3ccccc3)nc(-c3ccc(-n4c5ccccc5c5ccccc54)c(-c4nc(-c5ccccc5)nc(-c5cccc(-c6ccc(N7c8ccccc8B8c9ccccc9N(c9ccccc9)c9cccc7c98)cc6)c5)n4)c3)n2)cc1. The van der Waals surface area contributed by atoms with Crippen molar-refractivity contribution in [2.24, 2.45) is 0 Å². The second kappa shape index (κ2) is 21.0. The fourth-order valence-corrected chi connectivity index (χ4v) is 13.1. The molecule has 12 aromatic carbocycles. The summed E-state index contributed by atoms with van der Waals surface area (Å²) in [6.07, 6.45) is 0. The quantitative estimate of drug-likeness (QED) is 0.125. The van der Waals surface area contributed by atoms with Crippen LogP contribution >= 0.6 is 0 Å². The number of anilines is 6. The van der Waals surface area contributed by atoms with Gasteiger partial charge in [-0.3, -0.25) is 0 Å². The van der Waals surface area contributed by atoms with Gasteiger partial charge in [0.15, 0.2) is 34.9 Å². The van der Waals surface area contributed by atoms with E-state index in [1.165, 1.54) is 39.1 Å². The smallest absolute Gasteiger partial charge is 0.252 e. The molecule has 0 N–H and O–H groups in total. The lowest BCUT2D eigenvalue weighted by molar-refractivity contribution is 1.06.